The summed E-state index contributed by atoms with van der Waals surface area (Å²) in [4.78, 5) is 23.2. The van der Waals surface area contributed by atoms with Crippen LogP contribution in [0.15, 0.2) is 53.1 Å². The van der Waals surface area contributed by atoms with Crippen molar-refractivity contribution in [1.82, 2.24) is 14.9 Å². The third kappa shape index (κ3) is 3.96. The maximum Gasteiger partial charge on any atom is 0.275 e. The molecule has 144 valence electrons. The van der Waals surface area contributed by atoms with Crippen molar-refractivity contribution >= 4 is 5.91 Å². The number of amides is 1. The summed E-state index contributed by atoms with van der Waals surface area (Å²) < 4.78 is 19.1. The first-order valence-corrected chi connectivity index (χ1v) is 9.51. The molecular weight excluding hydrogens is 357 g/mol. The van der Waals surface area contributed by atoms with Crippen LogP contribution in [0.4, 0.5) is 4.39 Å². The number of carbonyl (C=O) groups is 1. The van der Waals surface area contributed by atoms with Gasteiger partial charge in [-0.2, -0.15) is 0 Å². The van der Waals surface area contributed by atoms with Gasteiger partial charge in [0.2, 0.25) is 0 Å². The van der Waals surface area contributed by atoms with E-state index in [1.54, 1.807) is 19.1 Å². The lowest BCUT2D eigenvalue weighted by Crippen LogP contribution is -2.38. The second-order valence-electron chi connectivity index (χ2n) is 7.14. The molecule has 28 heavy (non-hydrogen) atoms. The minimum absolute atomic E-state index is 0.0865. The lowest BCUT2D eigenvalue weighted by Gasteiger charge is -2.31. The highest BCUT2D eigenvalue weighted by molar-refractivity contribution is 5.92. The van der Waals surface area contributed by atoms with Crippen LogP contribution in [0, 0.1) is 12.7 Å². The Morgan fingerprint density at radius 1 is 1.14 bits per heavy atom. The summed E-state index contributed by atoms with van der Waals surface area (Å²) in [6.45, 7) is 3.05. The molecule has 0 saturated carbocycles. The SMILES string of the molecule is Cc1nc(C(=O)N2CCC(c3cccc(Cc4ccccc4F)n3)CC2)co1. The second-order valence-corrected chi connectivity index (χ2v) is 7.14. The zero-order valence-electron chi connectivity index (χ0n) is 15.8. The van der Waals surface area contributed by atoms with Crippen molar-refractivity contribution in [3.05, 3.63) is 83.1 Å². The molecule has 0 radical (unpaired) electrons. The number of benzene rings is 1. The van der Waals surface area contributed by atoms with E-state index in [9.17, 15) is 9.18 Å². The van der Waals surface area contributed by atoms with Gasteiger partial charge in [-0.1, -0.05) is 24.3 Å². The van der Waals surface area contributed by atoms with Crippen molar-refractivity contribution in [3.8, 4) is 0 Å². The Morgan fingerprint density at radius 2 is 1.93 bits per heavy atom. The van der Waals surface area contributed by atoms with Crippen LogP contribution in [0.25, 0.3) is 0 Å². The number of likely N-dealkylation sites (tertiary alicyclic amines) is 1. The standard InChI is InChI=1S/C22H22FN3O2/c1-15-24-21(14-28-15)22(27)26-11-9-16(10-12-26)20-8-4-6-18(25-20)13-17-5-2-3-7-19(17)23/h2-8,14,16H,9-13H2,1H3. The van der Waals surface area contributed by atoms with E-state index in [1.807, 2.05) is 29.2 Å². The van der Waals surface area contributed by atoms with E-state index < -0.39 is 0 Å². The van der Waals surface area contributed by atoms with Crippen LogP contribution in [0.1, 0.15) is 52.1 Å². The molecule has 0 unspecified atom stereocenters. The molecule has 1 aliphatic heterocycles. The van der Waals surface area contributed by atoms with Crippen LogP contribution in [-0.2, 0) is 6.42 Å². The molecule has 1 fully saturated rings. The highest BCUT2D eigenvalue weighted by Crippen LogP contribution is 2.28. The molecule has 0 bridgehead atoms. The number of aryl methyl sites for hydroxylation is 1. The summed E-state index contributed by atoms with van der Waals surface area (Å²) in [6, 6.07) is 12.7. The van der Waals surface area contributed by atoms with Crippen molar-refractivity contribution < 1.29 is 13.6 Å². The molecule has 0 spiro atoms. The molecular formula is C22H22FN3O2. The predicted octanol–water partition coefficient (Wildman–Crippen LogP) is 4.13. The number of carbonyl (C=O) groups excluding carboxylic acids is 1. The Kier molecular flexibility index (Phi) is 5.19. The second kappa shape index (κ2) is 7.92. The first kappa shape index (κ1) is 18.3. The fraction of sp³-hybridized carbons (Fsp3) is 0.318. The normalized spacial score (nSPS) is 15.0. The van der Waals surface area contributed by atoms with Crippen LogP contribution in [-0.4, -0.2) is 33.9 Å². The van der Waals surface area contributed by atoms with Crippen LogP contribution in [0.3, 0.4) is 0 Å². The molecule has 4 rings (SSSR count). The molecule has 3 aromatic rings. The number of halogens is 1. The lowest BCUT2D eigenvalue weighted by molar-refractivity contribution is 0.0706. The molecule has 0 aliphatic carbocycles. The van der Waals surface area contributed by atoms with E-state index in [2.05, 4.69) is 4.98 Å². The number of pyridine rings is 1. The van der Waals surface area contributed by atoms with Gasteiger partial charge < -0.3 is 9.32 Å². The number of rotatable bonds is 4. The Labute approximate surface area is 163 Å². The Balaban J connectivity index is 1.41. The Bertz CT molecular complexity index is 977. The molecule has 3 heterocycles. The number of nitrogens with zero attached hydrogens (tertiary/aromatic N) is 3. The monoisotopic (exact) mass is 379 g/mol. The molecule has 6 heteroatoms. The molecule has 5 nitrogen and oxygen atoms in total. The molecule has 1 saturated heterocycles. The van der Waals surface area contributed by atoms with Gasteiger partial charge in [0.25, 0.3) is 5.91 Å². The maximum atomic E-state index is 13.9. The summed E-state index contributed by atoms with van der Waals surface area (Å²) in [5.74, 6) is 0.499. The third-order valence-electron chi connectivity index (χ3n) is 5.20. The molecule has 0 N–H and O–H groups in total. The molecule has 1 amide bonds. The van der Waals surface area contributed by atoms with Crippen molar-refractivity contribution in [2.75, 3.05) is 13.1 Å². The van der Waals surface area contributed by atoms with E-state index in [1.165, 1.54) is 12.3 Å². The number of hydrogen-bond acceptors (Lipinski definition) is 4. The highest BCUT2D eigenvalue weighted by atomic mass is 19.1. The number of aromatic nitrogens is 2. The van der Waals surface area contributed by atoms with Gasteiger partial charge in [-0.25, -0.2) is 9.37 Å². The van der Waals surface area contributed by atoms with Gasteiger partial charge in [-0.15, -0.1) is 0 Å². The van der Waals surface area contributed by atoms with E-state index in [0.29, 0.717) is 42.6 Å². The Morgan fingerprint density at radius 3 is 2.64 bits per heavy atom. The van der Waals surface area contributed by atoms with Crippen LogP contribution >= 0.6 is 0 Å². The fourth-order valence-corrected chi connectivity index (χ4v) is 3.66. The van der Waals surface area contributed by atoms with Gasteiger partial charge in [-0.3, -0.25) is 9.78 Å². The number of hydrogen-bond donors (Lipinski definition) is 0. The van der Waals surface area contributed by atoms with Gasteiger partial charge in [-0.05, 0) is 36.6 Å². The van der Waals surface area contributed by atoms with Gasteiger partial charge in [0.1, 0.15) is 12.1 Å². The summed E-state index contributed by atoms with van der Waals surface area (Å²) in [6.07, 6.45) is 3.58. The van der Waals surface area contributed by atoms with Crippen LogP contribution < -0.4 is 0 Å². The summed E-state index contributed by atoms with van der Waals surface area (Å²) >= 11 is 0. The average molecular weight is 379 g/mol. The fourth-order valence-electron chi connectivity index (χ4n) is 3.66. The van der Waals surface area contributed by atoms with Crippen molar-refractivity contribution in [2.45, 2.75) is 32.1 Å². The summed E-state index contributed by atoms with van der Waals surface area (Å²) in [5.41, 5.74) is 2.88. The van der Waals surface area contributed by atoms with Gasteiger partial charge in [0, 0.05) is 43.7 Å². The molecule has 0 atom stereocenters. The summed E-state index contributed by atoms with van der Waals surface area (Å²) in [7, 11) is 0. The van der Waals surface area contributed by atoms with E-state index in [-0.39, 0.29) is 11.7 Å². The zero-order chi connectivity index (χ0) is 19.5. The number of oxazole rings is 1. The van der Waals surface area contributed by atoms with E-state index in [0.717, 1.165) is 24.2 Å². The quantitative estimate of drug-likeness (QED) is 0.684. The number of piperidine rings is 1. The van der Waals surface area contributed by atoms with E-state index in [4.69, 9.17) is 9.40 Å². The lowest BCUT2D eigenvalue weighted by atomic mass is 9.92. The van der Waals surface area contributed by atoms with Crippen molar-refractivity contribution in [1.29, 1.82) is 0 Å². The minimum atomic E-state index is -0.204. The molecule has 2 aromatic heterocycles. The smallest absolute Gasteiger partial charge is 0.275 e. The van der Waals surface area contributed by atoms with Crippen molar-refractivity contribution in [3.63, 3.8) is 0 Å². The average Bonchev–Trinajstić information content (AvgIpc) is 3.16. The third-order valence-corrected chi connectivity index (χ3v) is 5.20. The van der Waals surface area contributed by atoms with Gasteiger partial charge in [0.05, 0.1) is 0 Å². The highest BCUT2D eigenvalue weighted by Gasteiger charge is 2.26. The largest absolute Gasteiger partial charge is 0.448 e. The van der Waals surface area contributed by atoms with Gasteiger partial charge >= 0.3 is 0 Å². The van der Waals surface area contributed by atoms with Gasteiger partial charge in [0.15, 0.2) is 11.6 Å². The molecule has 1 aliphatic rings. The predicted molar refractivity (Wildman–Crippen MR) is 103 cm³/mol. The first-order valence-electron chi connectivity index (χ1n) is 9.51. The van der Waals surface area contributed by atoms with Crippen molar-refractivity contribution in [2.24, 2.45) is 0 Å². The zero-order valence-corrected chi connectivity index (χ0v) is 15.8. The van der Waals surface area contributed by atoms with E-state index >= 15 is 0 Å². The minimum Gasteiger partial charge on any atom is -0.448 e. The van der Waals surface area contributed by atoms with Crippen LogP contribution in [0.5, 0.6) is 0 Å². The molecule has 1 aromatic carbocycles. The first-order chi connectivity index (χ1) is 13.6. The van der Waals surface area contributed by atoms with Crippen LogP contribution in [0.2, 0.25) is 0 Å². The summed E-state index contributed by atoms with van der Waals surface area (Å²) in [5, 5.41) is 0. The Hall–Kier alpha value is -3.02. The topological polar surface area (TPSA) is 59.2 Å². The maximum absolute atomic E-state index is 13.9.